The van der Waals surface area contributed by atoms with Crippen LogP contribution in [0.4, 0.5) is 11.4 Å². The van der Waals surface area contributed by atoms with E-state index in [-0.39, 0.29) is 18.2 Å². The Balaban J connectivity index is 1.14. The Labute approximate surface area is 227 Å². The van der Waals surface area contributed by atoms with Gasteiger partial charge < -0.3 is 29.3 Å². The monoisotopic (exact) mass is 528 g/mol. The minimum absolute atomic E-state index is 0.0221. The summed E-state index contributed by atoms with van der Waals surface area (Å²) in [6, 6.07) is 17.6. The number of rotatable bonds is 5. The Morgan fingerprint density at radius 3 is 2.69 bits per heavy atom. The summed E-state index contributed by atoms with van der Waals surface area (Å²) in [6.45, 7) is 3.66. The average Bonchev–Trinajstić information content (AvgIpc) is 3.33. The topological polar surface area (TPSA) is 93.2 Å². The van der Waals surface area contributed by atoms with Crippen LogP contribution in [0.5, 0.6) is 17.2 Å². The molecule has 1 N–H and O–H groups in total. The molecule has 0 saturated carbocycles. The second-order valence-corrected chi connectivity index (χ2v) is 10.5. The molecule has 202 valence electrons. The molecule has 0 radical (unpaired) electrons. The molecule has 1 atom stereocenters. The number of amides is 2. The smallest absolute Gasteiger partial charge is 0.270 e. The molecule has 9 heteroatoms. The molecule has 2 saturated heterocycles. The van der Waals surface area contributed by atoms with Crippen molar-refractivity contribution in [2.24, 2.45) is 5.41 Å². The fraction of sp³-hybridized carbons (Fsp3) is 0.367. The molecule has 0 unspecified atom stereocenters. The van der Waals surface area contributed by atoms with Crippen LogP contribution in [0.15, 0.2) is 66.9 Å². The first-order chi connectivity index (χ1) is 19.0. The van der Waals surface area contributed by atoms with Crippen LogP contribution in [0.2, 0.25) is 0 Å². The zero-order valence-electron chi connectivity index (χ0n) is 22.0. The van der Waals surface area contributed by atoms with Gasteiger partial charge in [-0.3, -0.25) is 14.6 Å². The zero-order valence-corrected chi connectivity index (χ0v) is 22.0. The van der Waals surface area contributed by atoms with Crippen LogP contribution in [-0.2, 0) is 9.53 Å². The highest BCUT2D eigenvalue weighted by molar-refractivity contribution is 6.03. The van der Waals surface area contributed by atoms with Crippen molar-refractivity contribution in [2.45, 2.75) is 25.3 Å². The van der Waals surface area contributed by atoms with Crippen molar-refractivity contribution in [3.63, 3.8) is 0 Å². The lowest BCUT2D eigenvalue weighted by molar-refractivity contribution is -0.120. The molecular weight excluding hydrogens is 496 g/mol. The number of nitrogens with zero attached hydrogens (tertiary/aromatic N) is 3. The Morgan fingerprint density at radius 2 is 1.87 bits per heavy atom. The van der Waals surface area contributed by atoms with Gasteiger partial charge in [0.15, 0.2) is 0 Å². The van der Waals surface area contributed by atoms with E-state index in [1.165, 1.54) is 6.20 Å². The average molecular weight is 529 g/mol. The highest BCUT2D eigenvalue weighted by Crippen LogP contribution is 2.43. The number of hydrogen-bond acceptors (Lipinski definition) is 7. The molecule has 0 aliphatic carbocycles. The molecule has 3 aromatic rings. The lowest BCUT2D eigenvalue weighted by atomic mass is 9.80. The van der Waals surface area contributed by atoms with Crippen molar-refractivity contribution in [2.75, 3.05) is 49.8 Å². The summed E-state index contributed by atoms with van der Waals surface area (Å²) in [6.07, 6.45) is 4.84. The van der Waals surface area contributed by atoms with Gasteiger partial charge in [-0.1, -0.05) is 18.2 Å². The van der Waals surface area contributed by atoms with Crippen LogP contribution >= 0.6 is 0 Å². The van der Waals surface area contributed by atoms with Crippen LogP contribution < -0.4 is 24.6 Å². The van der Waals surface area contributed by atoms with Crippen molar-refractivity contribution in [3.8, 4) is 17.2 Å². The van der Waals surface area contributed by atoms with Gasteiger partial charge in [0.1, 0.15) is 35.6 Å². The van der Waals surface area contributed by atoms with Gasteiger partial charge in [-0.2, -0.15) is 0 Å². The van der Waals surface area contributed by atoms with Gasteiger partial charge in [0, 0.05) is 51.3 Å². The molecule has 2 amide bonds. The SMILES string of the molecule is CN1C(=O)[C@H](NC(=O)c2cc(Oc3ccccc3)ccn2)COc2ccc(N3CCC4(CCOCC4)C3)cc21. The molecule has 0 bridgehead atoms. The first kappa shape index (κ1) is 25.2. The summed E-state index contributed by atoms with van der Waals surface area (Å²) in [5.41, 5.74) is 2.23. The number of benzene rings is 2. The normalized spacial score (nSPS) is 20.2. The second-order valence-electron chi connectivity index (χ2n) is 10.5. The number of ether oxygens (including phenoxy) is 3. The molecule has 3 aliphatic heterocycles. The Morgan fingerprint density at radius 1 is 1.05 bits per heavy atom. The Bertz CT molecular complexity index is 1360. The van der Waals surface area contributed by atoms with E-state index in [2.05, 4.69) is 21.3 Å². The molecule has 3 aliphatic rings. The minimum atomic E-state index is -0.865. The number of carbonyl (C=O) groups excluding carboxylic acids is 2. The molecule has 6 rings (SSSR count). The number of anilines is 2. The van der Waals surface area contributed by atoms with Gasteiger partial charge in [0.05, 0.1) is 5.69 Å². The maximum Gasteiger partial charge on any atom is 0.270 e. The summed E-state index contributed by atoms with van der Waals surface area (Å²) in [5, 5.41) is 2.79. The number of carbonyl (C=O) groups is 2. The summed E-state index contributed by atoms with van der Waals surface area (Å²) in [5.74, 6) is 1.01. The van der Waals surface area contributed by atoms with Crippen LogP contribution in [0.25, 0.3) is 0 Å². The Kier molecular flexibility index (Phi) is 6.83. The van der Waals surface area contributed by atoms with Crippen molar-refractivity contribution in [3.05, 3.63) is 72.6 Å². The van der Waals surface area contributed by atoms with Crippen LogP contribution in [0.3, 0.4) is 0 Å². The van der Waals surface area contributed by atoms with E-state index >= 15 is 0 Å². The van der Waals surface area contributed by atoms with Gasteiger partial charge in [-0.25, -0.2) is 0 Å². The number of fused-ring (bicyclic) bond motifs is 1. The summed E-state index contributed by atoms with van der Waals surface area (Å²) < 4.78 is 17.4. The molecule has 2 fully saturated rings. The van der Waals surface area contributed by atoms with E-state index in [4.69, 9.17) is 14.2 Å². The third kappa shape index (κ3) is 5.27. The van der Waals surface area contributed by atoms with Crippen LogP contribution in [0, 0.1) is 5.41 Å². The van der Waals surface area contributed by atoms with E-state index in [0.29, 0.717) is 28.4 Å². The molecule has 4 heterocycles. The quantitative estimate of drug-likeness (QED) is 0.534. The standard InChI is InChI=1S/C30H32N4O5/c1-33-26-17-21(34-14-10-30(20-34)11-15-37-16-12-30)7-8-27(26)38-19-25(29(33)36)32-28(35)24-18-23(9-13-31-24)39-22-5-3-2-4-6-22/h2-9,13,17-18,25H,10-12,14-16,19-20H2,1H3,(H,32,35)/t25-/m1/s1. The molecule has 1 spiro atoms. The van der Waals surface area contributed by atoms with Crippen molar-refractivity contribution in [1.29, 1.82) is 0 Å². The number of pyridine rings is 1. The first-order valence-electron chi connectivity index (χ1n) is 13.4. The lowest BCUT2D eigenvalue weighted by Crippen LogP contribution is -2.49. The van der Waals surface area contributed by atoms with E-state index in [0.717, 1.165) is 51.3 Å². The van der Waals surface area contributed by atoms with Gasteiger partial charge >= 0.3 is 0 Å². The van der Waals surface area contributed by atoms with Gasteiger partial charge in [-0.15, -0.1) is 0 Å². The van der Waals surface area contributed by atoms with Crippen molar-refractivity contribution < 1.29 is 23.8 Å². The maximum atomic E-state index is 13.4. The molecule has 9 nitrogen and oxygen atoms in total. The number of likely N-dealkylation sites (N-methyl/N-ethyl adjacent to an activating group) is 1. The van der Waals surface area contributed by atoms with Crippen molar-refractivity contribution >= 4 is 23.2 Å². The third-order valence-corrected chi connectivity index (χ3v) is 7.94. The highest BCUT2D eigenvalue weighted by Gasteiger charge is 2.40. The predicted molar refractivity (Wildman–Crippen MR) is 147 cm³/mol. The van der Waals surface area contributed by atoms with Crippen LogP contribution in [-0.4, -0.2) is 62.8 Å². The minimum Gasteiger partial charge on any atom is -0.489 e. The fourth-order valence-corrected chi connectivity index (χ4v) is 5.61. The van der Waals surface area contributed by atoms with Gasteiger partial charge in [0.2, 0.25) is 0 Å². The summed E-state index contributed by atoms with van der Waals surface area (Å²) >= 11 is 0. The van der Waals surface area contributed by atoms with Crippen molar-refractivity contribution in [1.82, 2.24) is 10.3 Å². The van der Waals surface area contributed by atoms with Gasteiger partial charge in [-0.05, 0) is 61.1 Å². The van der Waals surface area contributed by atoms with Gasteiger partial charge in [0.25, 0.3) is 11.8 Å². The largest absolute Gasteiger partial charge is 0.489 e. The zero-order chi connectivity index (χ0) is 26.8. The second kappa shape index (κ2) is 10.6. The molecular formula is C30H32N4O5. The first-order valence-corrected chi connectivity index (χ1v) is 13.4. The summed E-state index contributed by atoms with van der Waals surface area (Å²) in [4.78, 5) is 34.6. The summed E-state index contributed by atoms with van der Waals surface area (Å²) in [7, 11) is 1.72. The van der Waals surface area contributed by atoms with Crippen LogP contribution in [0.1, 0.15) is 29.8 Å². The highest BCUT2D eigenvalue weighted by atomic mass is 16.5. The number of nitrogens with one attached hydrogen (secondary N) is 1. The van der Waals surface area contributed by atoms with E-state index in [9.17, 15) is 9.59 Å². The van der Waals surface area contributed by atoms with E-state index < -0.39 is 11.9 Å². The molecule has 1 aromatic heterocycles. The molecule has 39 heavy (non-hydrogen) atoms. The number of para-hydroxylation sites is 1. The lowest BCUT2D eigenvalue weighted by Gasteiger charge is -2.33. The maximum absolute atomic E-state index is 13.4. The third-order valence-electron chi connectivity index (χ3n) is 7.94. The Hall–Kier alpha value is -4.11. The number of hydrogen-bond donors (Lipinski definition) is 1. The predicted octanol–water partition coefficient (Wildman–Crippen LogP) is 4.03. The fourth-order valence-electron chi connectivity index (χ4n) is 5.61. The number of aromatic nitrogens is 1. The van der Waals surface area contributed by atoms with E-state index in [1.807, 2.05) is 42.5 Å². The molecule has 2 aromatic carbocycles. The van der Waals surface area contributed by atoms with E-state index in [1.54, 1.807) is 24.1 Å².